The van der Waals surface area contributed by atoms with Crippen molar-refractivity contribution >= 4 is 11.9 Å². The average Bonchev–Trinajstić information content (AvgIpc) is 3.29. The van der Waals surface area contributed by atoms with Gasteiger partial charge in [0, 0.05) is 12.8 Å². The lowest BCUT2D eigenvalue weighted by Crippen LogP contribution is -2.16. The third-order valence-corrected chi connectivity index (χ3v) is 10.0. The summed E-state index contributed by atoms with van der Waals surface area (Å²) < 4.78 is 65.4. The SMILES string of the molecule is CCCCCCCCCCCCCCCCCC(=O)OCCOCCOCCOCCOCCOCCOCCOCCOCCOCCOCCOC(=O)CCCCCCCC. The minimum atomic E-state index is -0.145. The predicted octanol–water partition coefficient (Wildman–Crippen LogP) is 9.25. The van der Waals surface area contributed by atoms with Crippen molar-refractivity contribution in [2.24, 2.45) is 0 Å². The van der Waals surface area contributed by atoms with Crippen molar-refractivity contribution in [2.75, 3.05) is 145 Å². The third-order valence-electron chi connectivity index (χ3n) is 10.0. The molecule has 0 bridgehead atoms. The Morgan fingerprint density at radius 3 is 0.571 bits per heavy atom. The molecule has 0 amide bonds. The fourth-order valence-corrected chi connectivity index (χ4v) is 6.34. The first kappa shape index (κ1) is 61.5. The van der Waals surface area contributed by atoms with E-state index in [0.717, 1.165) is 25.7 Å². The molecule has 14 nitrogen and oxygen atoms in total. The Bertz CT molecular complexity index is 883. The van der Waals surface area contributed by atoms with E-state index in [9.17, 15) is 9.59 Å². The average molecular weight is 909 g/mol. The molecule has 0 N–H and O–H groups in total. The molecule has 0 aliphatic heterocycles. The van der Waals surface area contributed by atoms with Gasteiger partial charge in [0.25, 0.3) is 0 Å². The Labute approximate surface area is 384 Å². The Kier molecular flexibility index (Phi) is 55.4. The van der Waals surface area contributed by atoms with Crippen molar-refractivity contribution < 1.29 is 66.4 Å². The molecule has 0 aromatic rings. The molecule has 0 spiro atoms. The van der Waals surface area contributed by atoms with Gasteiger partial charge in [-0.1, -0.05) is 136 Å². The molecule has 0 aliphatic carbocycles. The van der Waals surface area contributed by atoms with Crippen molar-refractivity contribution in [1.82, 2.24) is 0 Å². The van der Waals surface area contributed by atoms with Crippen LogP contribution < -0.4 is 0 Å². The van der Waals surface area contributed by atoms with Crippen LogP contribution in [0, 0.1) is 0 Å². The van der Waals surface area contributed by atoms with E-state index in [1.165, 1.54) is 109 Å². The maximum Gasteiger partial charge on any atom is 0.305 e. The highest BCUT2D eigenvalue weighted by Gasteiger charge is 2.04. The lowest BCUT2D eigenvalue weighted by Gasteiger charge is -2.09. The van der Waals surface area contributed by atoms with Crippen LogP contribution in [0.1, 0.15) is 162 Å². The Morgan fingerprint density at radius 1 is 0.222 bits per heavy atom. The van der Waals surface area contributed by atoms with Gasteiger partial charge in [-0.25, -0.2) is 0 Å². The summed E-state index contributed by atoms with van der Waals surface area (Å²) >= 11 is 0. The number of esters is 2. The zero-order valence-electron chi connectivity index (χ0n) is 40.5. The van der Waals surface area contributed by atoms with Crippen molar-refractivity contribution in [3.63, 3.8) is 0 Å². The van der Waals surface area contributed by atoms with Gasteiger partial charge in [0.2, 0.25) is 0 Å². The monoisotopic (exact) mass is 909 g/mol. The minimum absolute atomic E-state index is 0.133. The van der Waals surface area contributed by atoms with Crippen LogP contribution in [0.5, 0.6) is 0 Å². The number of hydrogen-bond acceptors (Lipinski definition) is 14. The van der Waals surface area contributed by atoms with Gasteiger partial charge >= 0.3 is 11.9 Å². The van der Waals surface area contributed by atoms with Crippen LogP contribution >= 0.6 is 0 Å². The summed E-state index contributed by atoms with van der Waals surface area (Å²) in [4.78, 5) is 23.6. The largest absolute Gasteiger partial charge is 0.463 e. The van der Waals surface area contributed by atoms with Gasteiger partial charge in [-0.2, -0.15) is 0 Å². The van der Waals surface area contributed by atoms with Crippen LogP contribution in [-0.2, 0) is 66.4 Å². The van der Waals surface area contributed by atoms with Gasteiger partial charge in [0.05, 0.1) is 132 Å². The van der Waals surface area contributed by atoms with Gasteiger partial charge in [-0.05, 0) is 12.8 Å². The molecule has 0 aliphatic rings. The van der Waals surface area contributed by atoms with E-state index in [1.54, 1.807) is 0 Å². The molecule has 0 saturated carbocycles. The third kappa shape index (κ3) is 56.6. The van der Waals surface area contributed by atoms with E-state index in [0.29, 0.717) is 145 Å². The standard InChI is InChI=1S/C49H96O14/c1-3-5-7-9-11-12-13-14-15-16-17-18-19-21-23-25-49(51)63-47-45-61-43-41-59-39-37-57-35-33-55-31-29-53-27-26-52-28-30-54-32-34-56-36-38-58-40-42-60-44-46-62-48(50)24-22-20-10-8-6-4-2/h3-47H2,1-2H3. The van der Waals surface area contributed by atoms with Crippen LogP contribution in [0.3, 0.4) is 0 Å². The van der Waals surface area contributed by atoms with Crippen LogP contribution in [0.25, 0.3) is 0 Å². The van der Waals surface area contributed by atoms with E-state index in [1.807, 2.05) is 0 Å². The van der Waals surface area contributed by atoms with E-state index in [2.05, 4.69) is 13.8 Å². The molecule has 14 heteroatoms. The van der Waals surface area contributed by atoms with Crippen LogP contribution in [0.2, 0.25) is 0 Å². The Morgan fingerprint density at radius 2 is 0.381 bits per heavy atom. The molecule has 0 atom stereocenters. The molecule has 0 aromatic heterocycles. The molecular weight excluding hydrogens is 813 g/mol. The number of carbonyl (C=O) groups excluding carboxylic acids is 2. The first-order chi connectivity index (χ1) is 31.2. The molecule has 0 unspecified atom stereocenters. The molecule has 376 valence electrons. The number of rotatable bonds is 56. The lowest BCUT2D eigenvalue weighted by molar-refractivity contribution is -0.146. The van der Waals surface area contributed by atoms with Crippen molar-refractivity contribution in [3.05, 3.63) is 0 Å². The summed E-state index contributed by atoms with van der Waals surface area (Å²) in [5.74, 6) is -0.278. The fourth-order valence-electron chi connectivity index (χ4n) is 6.34. The summed E-state index contributed by atoms with van der Waals surface area (Å²) in [5.41, 5.74) is 0. The highest BCUT2D eigenvalue weighted by molar-refractivity contribution is 5.69. The zero-order valence-corrected chi connectivity index (χ0v) is 40.5. The Balaban J connectivity index is 3.15. The maximum absolute atomic E-state index is 11.9. The molecule has 0 radical (unpaired) electrons. The molecule has 0 fully saturated rings. The molecule has 0 heterocycles. The quantitative estimate of drug-likeness (QED) is 0.0422. The molecule has 0 aromatic carbocycles. The second kappa shape index (κ2) is 56.7. The Hall–Kier alpha value is -1.46. The first-order valence-corrected chi connectivity index (χ1v) is 25.3. The van der Waals surface area contributed by atoms with Crippen molar-refractivity contribution in [3.8, 4) is 0 Å². The van der Waals surface area contributed by atoms with E-state index < -0.39 is 0 Å². The van der Waals surface area contributed by atoms with Crippen molar-refractivity contribution in [1.29, 1.82) is 0 Å². The molecule has 0 saturated heterocycles. The maximum atomic E-state index is 11.9. The predicted molar refractivity (Wildman–Crippen MR) is 248 cm³/mol. The van der Waals surface area contributed by atoms with E-state index in [4.69, 9.17) is 56.8 Å². The summed E-state index contributed by atoms with van der Waals surface area (Å²) in [5, 5.41) is 0. The summed E-state index contributed by atoms with van der Waals surface area (Å²) in [6.45, 7) is 14.5. The minimum Gasteiger partial charge on any atom is -0.463 e. The number of hydrogen-bond donors (Lipinski definition) is 0. The summed E-state index contributed by atoms with van der Waals surface area (Å²) in [7, 11) is 0. The highest BCUT2D eigenvalue weighted by Crippen LogP contribution is 2.14. The van der Waals surface area contributed by atoms with Gasteiger partial charge in [-0.15, -0.1) is 0 Å². The fraction of sp³-hybridized carbons (Fsp3) is 0.959. The topological polar surface area (TPSA) is 145 Å². The summed E-state index contributed by atoms with van der Waals surface area (Å²) in [6.07, 6.45) is 27.6. The normalized spacial score (nSPS) is 11.5. The molecule has 0 rings (SSSR count). The van der Waals surface area contributed by atoms with Gasteiger partial charge in [0.15, 0.2) is 0 Å². The molecular formula is C49H96O14. The van der Waals surface area contributed by atoms with Crippen LogP contribution in [0.15, 0.2) is 0 Å². The van der Waals surface area contributed by atoms with Crippen LogP contribution in [0.4, 0.5) is 0 Å². The number of ether oxygens (including phenoxy) is 12. The van der Waals surface area contributed by atoms with Crippen molar-refractivity contribution in [2.45, 2.75) is 162 Å². The smallest absolute Gasteiger partial charge is 0.305 e. The second-order valence-corrected chi connectivity index (χ2v) is 15.8. The lowest BCUT2D eigenvalue weighted by atomic mass is 10.0. The van der Waals surface area contributed by atoms with E-state index >= 15 is 0 Å². The second-order valence-electron chi connectivity index (χ2n) is 15.8. The van der Waals surface area contributed by atoms with E-state index in [-0.39, 0.29) is 25.2 Å². The summed E-state index contributed by atoms with van der Waals surface area (Å²) in [6, 6.07) is 0. The van der Waals surface area contributed by atoms with Crippen LogP contribution in [-0.4, -0.2) is 157 Å². The number of carbonyl (C=O) groups is 2. The number of unbranched alkanes of at least 4 members (excludes halogenated alkanes) is 19. The van der Waals surface area contributed by atoms with Gasteiger partial charge < -0.3 is 56.8 Å². The van der Waals surface area contributed by atoms with Gasteiger partial charge in [-0.3, -0.25) is 9.59 Å². The first-order valence-electron chi connectivity index (χ1n) is 25.3. The van der Waals surface area contributed by atoms with Gasteiger partial charge in [0.1, 0.15) is 13.2 Å². The molecule has 63 heavy (non-hydrogen) atoms. The highest BCUT2D eigenvalue weighted by atomic mass is 16.6. The zero-order chi connectivity index (χ0) is 45.5.